The number of aromatic nitrogens is 2. The van der Waals surface area contributed by atoms with Crippen LogP contribution < -0.4 is 10.6 Å². The van der Waals surface area contributed by atoms with Gasteiger partial charge in [-0.25, -0.2) is 0 Å². The molecule has 0 saturated carbocycles. The number of amides is 1. The number of carbonyl (C=O) groups excluding carboxylic acids is 1. The zero-order valence-electron chi connectivity index (χ0n) is 14.1. The standard InChI is InChI=1S/C20H22N4O/c25-20(19-10-12-24(23-19)17-8-4-11-21-14-17)22-13-16-7-3-6-15-5-1-2-9-18(15)16/h1-3,5-7,9-10,12,17,21H,4,8,11,13-14H2,(H,22,25). The van der Waals surface area contributed by atoms with Gasteiger partial charge in [-0.1, -0.05) is 42.5 Å². The Morgan fingerprint density at radius 3 is 2.96 bits per heavy atom. The lowest BCUT2D eigenvalue weighted by atomic mass is 10.0. The molecule has 5 heteroatoms. The van der Waals surface area contributed by atoms with Crippen molar-refractivity contribution in [1.82, 2.24) is 20.4 Å². The van der Waals surface area contributed by atoms with E-state index in [-0.39, 0.29) is 5.91 Å². The van der Waals surface area contributed by atoms with Gasteiger partial charge in [0.25, 0.3) is 5.91 Å². The molecule has 1 amide bonds. The van der Waals surface area contributed by atoms with Crippen molar-refractivity contribution in [1.29, 1.82) is 0 Å². The van der Waals surface area contributed by atoms with E-state index in [2.05, 4.69) is 40.0 Å². The van der Waals surface area contributed by atoms with Crippen molar-refractivity contribution in [3.8, 4) is 0 Å². The van der Waals surface area contributed by atoms with Crippen LogP contribution in [0.25, 0.3) is 10.8 Å². The van der Waals surface area contributed by atoms with Gasteiger partial charge >= 0.3 is 0 Å². The summed E-state index contributed by atoms with van der Waals surface area (Å²) < 4.78 is 1.92. The Hall–Kier alpha value is -2.66. The number of hydrogen-bond donors (Lipinski definition) is 2. The average Bonchev–Trinajstić information content (AvgIpc) is 3.17. The third-order valence-electron chi connectivity index (χ3n) is 4.81. The van der Waals surface area contributed by atoms with E-state index >= 15 is 0 Å². The molecule has 1 unspecified atom stereocenters. The van der Waals surface area contributed by atoms with E-state index in [1.165, 1.54) is 10.8 Å². The molecule has 1 aliphatic heterocycles. The van der Waals surface area contributed by atoms with Crippen molar-refractivity contribution in [2.24, 2.45) is 0 Å². The largest absolute Gasteiger partial charge is 0.347 e. The summed E-state index contributed by atoms with van der Waals surface area (Å²) in [6.07, 6.45) is 4.16. The first-order chi connectivity index (χ1) is 12.3. The summed E-state index contributed by atoms with van der Waals surface area (Å²) in [7, 11) is 0. The SMILES string of the molecule is O=C(NCc1cccc2ccccc12)c1ccn(C2CCCNC2)n1. The number of benzene rings is 2. The predicted molar refractivity (Wildman–Crippen MR) is 98.5 cm³/mol. The van der Waals surface area contributed by atoms with E-state index in [1.807, 2.05) is 29.1 Å². The zero-order chi connectivity index (χ0) is 17.1. The van der Waals surface area contributed by atoms with Crippen LogP contribution in [0.5, 0.6) is 0 Å². The highest BCUT2D eigenvalue weighted by Gasteiger charge is 2.17. The van der Waals surface area contributed by atoms with Crippen LogP contribution in [0.4, 0.5) is 0 Å². The van der Waals surface area contributed by atoms with E-state index in [0.717, 1.165) is 31.5 Å². The molecule has 1 aromatic heterocycles. The fraction of sp³-hybridized carbons (Fsp3) is 0.300. The first-order valence-electron chi connectivity index (χ1n) is 8.82. The van der Waals surface area contributed by atoms with Crippen LogP contribution in [0.2, 0.25) is 0 Å². The zero-order valence-corrected chi connectivity index (χ0v) is 14.1. The molecule has 2 heterocycles. The minimum Gasteiger partial charge on any atom is -0.347 e. The minimum absolute atomic E-state index is 0.129. The predicted octanol–water partition coefficient (Wildman–Crippen LogP) is 2.89. The summed E-state index contributed by atoms with van der Waals surface area (Å²) in [5.74, 6) is -0.129. The molecule has 2 N–H and O–H groups in total. The lowest BCUT2D eigenvalue weighted by Gasteiger charge is -2.22. The molecule has 5 nitrogen and oxygen atoms in total. The van der Waals surface area contributed by atoms with E-state index in [4.69, 9.17) is 0 Å². The van der Waals surface area contributed by atoms with Crippen molar-refractivity contribution in [2.45, 2.75) is 25.4 Å². The fourth-order valence-electron chi connectivity index (χ4n) is 3.43. The van der Waals surface area contributed by atoms with E-state index in [1.54, 1.807) is 6.07 Å². The molecule has 25 heavy (non-hydrogen) atoms. The van der Waals surface area contributed by atoms with E-state index < -0.39 is 0 Å². The van der Waals surface area contributed by atoms with Crippen molar-refractivity contribution < 1.29 is 4.79 Å². The van der Waals surface area contributed by atoms with Gasteiger partial charge < -0.3 is 10.6 Å². The number of rotatable bonds is 4. The van der Waals surface area contributed by atoms with Crippen molar-refractivity contribution >= 4 is 16.7 Å². The third-order valence-corrected chi connectivity index (χ3v) is 4.81. The summed E-state index contributed by atoms with van der Waals surface area (Å²) in [6, 6.07) is 16.5. The van der Waals surface area contributed by atoms with Gasteiger partial charge in [0.15, 0.2) is 0 Å². The number of piperidine rings is 1. The molecule has 0 bridgehead atoms. The maximum Gasteiger partial charge on any atom is 0.272 e. The first kappa shape index (κ1) is 15.8. The van der Waals surface area contributed by atoms with Crippen LogP contribution in [0.1, 0.15) is 34.9 Å². The van der Waals surface area contributed by atoms with E-state index in [0.29, 0.717) is 18.3 Å². The molecule has 2 aromatic carbocycles. The number of nitrogens with one attached hydrogen (secondary N) is 2. The molecule has 1 fully saturated rings. The molecule has 4 rings (SSSR count). The smallest absolute Gasteiger partial charge is 0.272 e. The highest BCUT2D eigenvalue weighted by molar-refractivity contribution is 5.92. The summed E-state index contributed by atoms with van der Waals surface area (Å²) in [5, 5.41) is 13.2. The van der Waals surface area contributed by atoms with Gasteiger partial charge in [-0.3, -0.25) is 9.48 Å². The summed E-state index contributed by atoms with van der Waals surface area (Å²) in [5.41, 5.74) is 1.59. The maximum atomic E-state index is 12.4. The van der Waals surface area contributed by atoms with Gasteiger partial charge in [0, 0.05) is 19.3 Å². The molecule has 128 valence electrons. The topological polar surface area (TPSA) is 59.0 Å². The Morgan fingerprint density at radius 2 is 2.08 bits per heavy atom. The summed E-state index contributed by atoms with van der Waals surface area (Å²) >= 11 is 0. The molecular formula is C20H22N4O. The minimum atomic E-state index is -0.129. The first-order valence-corrected chi connectivity index (χ1v) is 8.82. The molecule has 1 aliphatic rings. The van der Waals surface area contributed by atoms with Crippen LogP contribution >= 0.6 is 0 Å². The lowest BCUT2D eigenvalue weighted by Crippen LogP contribution is -2.32. The summed E-state index contributed by atoms with van der Waals surface area (Å²) in [6.45, 7) is 2.48. The number of hydrogen-bond acceptors (Lipinski definition) is 3. The van der Waals surface area contributed by atoms with Gasteiger partial charge in [0.1, 0.15) is 5.69 Å². The Labute approximate surface area is 147 Å². The van der Waals surface area contributed by atoms with Crippen LogP contribution in [0.3, 0.4) is 0 Å². The van der Waals surface area contributed by atoms with Crippen LogP contribution in [0, 0.1) is 0 Å². The van der Waals surface area contributed by atoms with Crippen LogP contribution in [0.15, 0.2) is 54.7 Å². The van der Waals surface area contributed by atoms with E-state index in [9.17, 15) is 4.79 Å². The van der Waals surface area contributed by atoms with Gasteiger partial charge in [-0.05, 0) is 41.8 Å². The Kier molecular flexibility index (Phi) is 4.48. The molecule has 0 aliphatic carbocycles. The van der Waals surface area contributed by atoms with Gasteiger partial charge in [-0.15, -0.1) is 0 Å². The average molecular weight is 334 g/mol. The van der Waals surface area contributed by atoms with Crippen LogP contribution in [-0.4, -0.2) is 28.8 Å². The Bertz CT molecular complexity index is 875. The number of nitrogens with zero attached hydrogens (tertiary/aromatic N) is 2. The highest BCUT2D eigenvalue weighted by atomic mass is 16.1. The normalized spacial score (nSPS) is 17.5. The monoisotopic (exact) mass is 334 g/mol. The maximum absolute atomic E-state index is 12.4. The third kappa shape index (κ3) is 3.42. The van der Waals surface area contributed by atoms with Gasteiger partial charge in [-0.2, -0.15) is 5.10 Å². The Balaban J connectivity index is 1.44. The van der Waals surface area contributed by atoms with Gasteiger partial charge in [0.2, 0.25) is 0 Å². The molecular weight excluding hydrogens is 312 g/mol. The molecule has 3 aromatic rings. The van der Waals surface area contributed by atoms with Crippen molar-refractivity contribution in [3.63, 3.8) is 0 Å². The van der Waals surface area contributed by atoms with Crippen LogP contribution in [-0.2, 0) is 6.54 Å². The molecule has 0 spiro atoms. The Morgan fingerprint density at radius 1 is 1.20 bits per heavy atom. The van der Waals surface area contributed by atoms with Gasteiger partial charge in [0.05, 0.1) is 6.04 Å². The molecule has 1 atom stereocenters. The van der Waals surface area contributed by atoms with Crippen molar-refractivity contribution in [3.05, 3.63) is 66.0 Å². The number of carbonyl (C=O) groups is 1. The second-order valence-corrected chi connectivity index (χ2v) is 6.50. The molecule has 0 radical (unpaired) electrons. The highest BCUT2D eigenvalue weighted by Crippen LogP contribution is 2.19. The second kappa shape index (κ2) is 7.07. The quantitative estimate of drug-likeness (QED) is 0.771. The number of fused-ring (bicyclic) bond motifs is 1. The summed E-state index contributed by atoms with van der Waals surface area (Å²) in [4.78, 5) is 12.4. The van der Waals surface area contributed by atoms with Crippen molar-refractivity contribution in [2.75, 3.05) is 13.1 Å². The second-order valence-electron chi connectivity index (χ2n) is 6.50. The lowest BCUT2D eigenvalue weighted by molar-refractivity contribution is 0.0944. The fourth-order valence-corrected chi connectivity index (χ4v) is 3.43. The molecule has 1 saturated heterocycles.